The van der Waals surface area contributed by atoms with E-state index in [1.165, 1.54) is 19.2 Å². The van der Waals surface area contributed by atoms with E-state index >= 15 is 0 Å². The third-order valence-corrected chi connectivity index (χ3v) is 10.8. The van der Waals surface area contributed by atoms with Gasteiger partial charge in [-0.25, -0.2) is 0 Å². The van der Waals surface area contributed by atoms with Crippen molar-refractivity contribution in [1.82, 2.24) is 24.4 Å². The first-order valence-electron chi connectivity index (χ1n) is 14.4. The van der Waals surface area contributed by atoms with Crippen molar-refractivity contribution in [2.75, 3.05) is 20.3 Å². The number of carbonyl (C=O) groups is 1. The molecule has 0 unspecified atom stereocenters. The summed E-state index contributed by atoms with van der Waals surface area (Å²) in [7, 11) is 1.40. The Hall–Kier alpha value is -3.08. The average molecular weight is 673 g/mol. The van der Waals surface area contributed by atoms with Crippen molar-refractivity contribution in [3.8, 4) is 5.75 Å². The molecule has 4 heterocycles. The van der Waals surface area contributed by atoms with Gasteiger partial charge in [0.25, 0.3) is 0 Å². The summed E-state index contributed by atoms with van der Waals surface area (Å²) < 4.78 is 33.6. The summed E-state index contributed by atoms with van der Waals surface area (Å²) in [6, 6.07) is 12.2. The molecule has 0 spiro atoms. The molecular formula is C31H33ClFN5O4Se. The molecular weight excluding hydrogens is 640 g/mol. The Labute approximate surface area is 260 Å². The van der Waals surface area contributed by atoms with Gasteiger partial charge in [-0.2, -0.15) is 0 Å². The van der Waals surface area contributed by atoms with Crippen LogP contribution >= 0.6 is 11.6 Å². The van der Waals surface area contributed by atoms with Crippen LogP contribution in [0.5, 0.6) is 5.75 Å². The Morgan fingerprint density at radius 3 is 2.79 bits per heavy atom. The van der Waals surface area contributed by atoms with Gasteiger partial charge in [0.2, 0.25) is 0 Å². The fourth-order valence-corrected chi connectivity index (χ4v) is 8.25. The molecule has 2 aliphatic rings. The van der Waals surface area contributed by atoms with Crippen molar-refractivity contribution >= 4 is 48.2 Å². The first-order chi connectivity index (χ1) is 20.9. The number of nitrogens with zero attached hydrogens (tertiary/aromatic N) is 5. The third-order valence-electron chi connectivity index (χ3n) is 7.96. The summed E-state index contributed by atoms with van der Waals surface area (Å²) in [5, 5.41) is 0.321. The maximum absolute atomic E-state index is 14.1. The van der Waals surface area contributed by atoms with Gasteiger partial charge < -0.3 is 0 Å². The molecule has 2 aromatic carbocycles. The summed E-state index contributed by atoms with van der Waals surface area (Å²) in [6.07, 6.45) is 5.06. The molecule has 4 aromatic rings. The van der Waals surface area contributed by atoms with Crippen molar-refractivity contribution in [2.24, 2.45) is 0 Å². The second-order valence-electron chi connectivity index (χ2n) is 10.9. The number of fused-ring (bicyclic) bond motifs is 1. The summed E-state index contributed by atoms with van der Waals surface area (Å²) >= 11 is 6.00. The normalized spacial score (nSPS) is 20.6. The van der Waals surface area contributed by atoms with E-state index in [0.29, 0.717) is 27.3 Å². The van der Waals surface area contributed by atoms with E-state index in [1.807, 2.05) is 18.2 Å². The Kier molecular flexibility index (Phi) is 9.25. The molecule has 2 saturated heterocycles. The SMILES string of the molecule is COC(=O)c1ccc2nc(CN3CC[C@H]([Se]c4ccnc(COc5ccc(Cl)cc5F)n4)C[C@@H]3C)n(C[C@@H]3CCO3)c2c1. The molecule has 3 atom stereocenters. The molecule has 2 aromatic heterocycles. The van der Waals surface area contributed by atoms with E-state index in [9.17, 15) is 9.18 Å². The van der Waals surface area contributed by atoms with E-state index in [0.717, 1.165) is 67.0 Å². The molecule has 0 bridgehead atoms. The molecule has 0 radical (unpaired) electrons. The van der Waals surface area contributed by atoms with Crippen LogP contribution in [0, 0.1) is 5.82 Å². The van der Waals surface area contributed by atoms with Gasteiger partial charge in [0, 0.05) is 0 Å². The molecule has 226 valence electrons. The number of methoxy groups -OCH3 is 1. The molecule has 0 amide bonds. The Bertz CT molecular complexity index is 1620. The van der Waals surface area contributed by atoms with Crippen molar-refractivity contribution in [1.29, 1.82) is 0 Å². The van der Waals surface area contributed by atoms with Gasteiger partial charge in [0.1, 0.15) is 0 Å². The molecule has 0 N–H and O–H groups in total. The van der Waals surface area contributed by atoms with Crippen molar-refractivity contribution in [2.45, 2.75) is 62.8 Å². The van der Waals surface area contributed by atoms with Crippen LogP contribution in [0.15, 0.2) is 48.7 Å². The van der Waals surface area contributed by atoms with Crippen LogP contribution in [-0.4, -0.2) is 77.8 Å². The Morgan fingerprint density at radius 1 is 1.19 bits per heavy atom. The summed E-state index contributed by atoms with van der Waals surface area (Å²) in [4.78, 5) is 29.3. The third kappa shape index (κ3) is 7.02. The van der Waals surface area contributed by atoms with Crippen LogP contribution in [0.25, 0.3) is 11.0 Å². The van der Waals surface area contributed by atoms with Gasteiger partial charge in [0.05, 0.1) is 7.11 Å². The first-order valence-corrected chi connectivity index (χ1v) is 16.6. The van der Waals surface area contributed by atoms with E-state index in [-0.39, 0.29) is 39.4 Å². The van der Waals surface area contributed by atoms with Gasteiger partial charge in [-0.3, -0.25) is 0 Å². The Morgan fingerprint density at radius 2 is 2.05 bits per heavy atom. The zero-order valence-electron chi connectivity index (χ0n) is 24.0. The second kappa shape index (κ2) is 13.3. The zero-order valence-corrected chi connectivity index (χ0v) is 26.5. The number of piperidine rings is 1. The van der Waals surface area contributed by atoms with Crippen molar-refractivity contribution in [3.63, 3.8) is 0 Å². The van der Waals surface area contributed by atoms with Crippen molar-refractivity contribution in [3.05, 3.63) is 76.7 Å². The number of likely N-dealkylation sites (tertiary alicyclic amines) is 1. The van der Waals surface area contributed by atoms with Crippen molar-refractivity contribution < 1.29 is 23.4 Å². The molecule has 0 saturated carbocycles. The number of aromatic nitrogens is 4. The standard InChI is InChI=1S/C31H33ClFN5O4Se/c1-19-13-23(43-30-7-10-34-28(36-30)18-42-27-6-4-21(32)15-24(27)33)8-11-37(19)17-29-35-25-5-3-20(31(39)40-2)14-26(25)38(29)16-22-9-12-41-22/h3-7,10,14-15,19,22-23H,8-9,11-13,16-18H2,1-2H3/t19-,22-,23-/m0/s1. The fourth-order valence-electron chi connectivity index (χ4n) is 5.50. The number of rotatable bonds is 10. The average Bonchev–Trinajstić information content (AvgIpc) is 3.31. The number of imidazole rings is 1. The first kappa shape index (κ1) is 30.0. The van der Waals surface area contributed by atoms with E-state index in [4.69, 9.17) is 35.8 Å². The second-order valence-corrected chi connectivity index (χ2v) is 14.1. The predicted molar refractivity (Wildman–Crippen MR) is 161 cm³/mol. The minimum atomic E-state index is -0.508. The molecule has 43 heavy (non-hydrogen) atoms. The monoisotopic (exact) mass is 673 g/mol. The van der Waals surface area contributed by atoms with Gasteiger partial charge in [-0.05, 0) is 0 Å². The number of benzene rings is 2. The number of hydrogen-bond acceptors (Lipinski definition) is 8. The number of ether oxygens (including phenoxy) is 3. The van der Waals surface area contributed by atoms with Crippen LogP contribution in [0.1, 0.15) is 48.2 Å². The summed E-state index contributed by atoms with van der Waals surface area (Å²) in [5.74, 6) is 0.784. The van der Waals surface area contributed by atoms with Gasteiger partial charge in [0.15, 0.2) is 0 Å². The van der Waals surface area contributed by atoms with Gasteiger partial charge in [-0.1, -0.05) is 0 Å². The summed E-state index contributed by atoms with van der Waals surface area (Å²) in [5.41, 5.74) is 2.32. The number of hydrogen-bond donors (Lipinski definition) is 0. The van der Waals surface area contributed by atoms with Crippen LogP contribution in [-0.2, 0) is 29.2 Å². The van der Waals surface area contributed by atoms with Crippen LogP contribution in [0.4, 0.5) is 4.39 Å². The fraction of sp³-hybridized carbons (Fsp3) is 0.419. The number of esters is 1. The summed E-state index contributed by atoms with van der Waals surface area (Å²) in [6.45, 7) is 5.56. The molecule has 6 rings (SSSR count). The van der Waals surface area contributed by atoms with Crippen LogP contribution in [0.2, 0.25) is 9.84 Å². The zero-order chi connectivity index (χ0) is 29.9. The van der Waals surface area contributed by atoms with Crippen LogP contribution < -0.4 is 9.33 Å². The topological polar surface area (TPSA) is 91.6 Å². The van der Waals surface area contributed by atoms with Gasteiger partial charge >= 0.3 is 254 Å². The van der Waals surface area contributed by atoms with E-state index in [1.54, 1.807) is 18.3 Å². The minimum absolute atomic E-state index is 0.0886. The molecule has 2 aliphatic heterocycles. The predicted octanol–water partition coefficient (Wildman–Crippen LogP) is 4.58. The van der Waals surface area contributed by atoms with Gasteiger partial charge in [-0.15, -0.1) is 0 Å². The van der Waals surface area contributed by atoms with E-state index in [2.05, 4.69) is 21.4 Å². The quantitative estimate of drug-likeness (QED) is 0.179. The Balaban J connectivity index is 1.10. The molecule has 2 fully saturated rings. The van der Waals surface area contributed by atoms with Crippen LogP contribution in [0.3, 0.4) is 0 Å². The molecule has 0 aliphatic carbocycles. The maximum atomic E-state index is 14.1. The number of carbonyl (C=O) groups excluding carboxylic acids is 1. The molecule has 9 nitrogen and oxygen atoms in total. The molecule has 12 heteroatoms. The number of halogens is 2. The van der Waals surface area contributed by atoms with E-state index < -0.39 is 5.82 Å².